The Balaban J connectivity index is 1.54. The molecule has 1 unspecified atom stereocenters. The molecular weight excluding hydrogens is 350 g/mol. The average molecular weight is 372 g/mol. The summed E-state index contributed by atoms with van der Waals surface area (Å²) in [6, 6.07) is 12.8. The maximum atomic E-state index is 13.6. The minimum atomic E-state index is -0.925. The van der Waals surface area contributed by atoms with Gasteiger partial charge in [-0.3, -0.25) is 9.80 Å². The van der Waals surface area contributed by atoms with Gasteiger partial charge in [0.25, 0.3) is 0 Å². The zero-order chi connectivity index (χ0) is 18.8. The summed E-state index contributed by atoms with van der Waals surface area (Å²) in [7, 11) is 0. The zero-order valence-electron chi connectivity index (χ0n) is 15.0. The summed E-state index contributed by atoms with van der Waals surface area (Å²) in [5.74, 6) is -1.43. The largest absolute Gasteiger partial charge is 0.444 e. The first-order valence-electron chi connectivity index (χ1n) is 9.29. The number of carbonyl (C=O) groups is 1. The molecule has 1 atom stereocenters. The number of rotatable bonds is 4. The molecular formula is C21H22F2N2O2. The third kappa shape index (κ3) is 3.95. The Labute approximate surface area is 157 Å². The third-order valence-electron chi connectivity index (χ3n) is 5.46. The van der Waals surface area contributed by atoms with Crippen LogP contribution in [0.5, 0.6) is 0 Å². The Hall–Kier alpha value is -2.47. The van der Waals surface area contributed by atoms with E-state index in [0.29, 0.717) is 17.2 Å². The molecule has 1 amide bonds. The second-order valence-corrected chi connectivity index (χ2v) is 7.23. The van der Waals surface area contributed by atoms with Gasteiger partial charge in [-0.25, -0.2) is 13.6 Å². The Morgan fingerprint density at radius 2 is 1.81 bits per heavy atom. The summed E-state index contributed by atoms with van der Waals surface area (Å²) in [5.41, 5.74) is 1.16. The smallest absolute Gasteiger partial charge is 0.414 e. The van der Waals surface area contributed by atoms with Crippen LogP contribution in [0.4, 0.5) is 19.3 Å². The summed E-state index contributed by atoms with van der Waals surface area (Å²) < 4.78 is 32.7. The molecule has 3 aliphatic rings. The maximum Gasteiger partial charge on any atom is 0.414 e. The van der Waals surface area contributed by atoms with Gasteiger partial charge < -0.3 is 4.74 Å². The molecule has 27 heavy (non-hydrogen) atoms. The first-order valence-corrected chi connectivity index (χ1v) is 9.29. The van der Waals surface area contributed by atoms with Crippen LogP contribution in [0.2, 0.25) is 0 Å². The molecule has 6 heteroatoms. The first kappa shape index (κ1) is 17.9. The van der Waals surface area contributed by atoms with Crippen molar-refractivity contribution in [3.63, 3.8) is 0 Å². The second-order valence-electron chi connectivity index (χ2n) is 7.23. The number of nitrogens with zero attached hydrogens (tertiary/aromatic N) is 2. The van der Waals surface area contributed by atoms with Crippen LogP contribution in [0.25, 0.3) is 0 Å². The zero-order valence-corrected chi connectivity index (χ0v) is 15.0. The van der Waals surface area contributed by atoms with E-state index >= 15 is 0 Å². The van der Waals surface area contributed by atoms with Gasteiger partial charge in [0.1, 0.15) is 6.10 Å². The van der Waals surface area contributed by atoms with Crippen molar-refractivity contribution in [1.82, 2.24) is 4.90 Å². The minimum Gasteiger partial charge on any atom is -0.444 e. The van der Waals surface area contributed by atoms with Gasteiger partial charge in [-0.1, -0.05) is 24.3 Å². The van der Waals surface area contributed by atoms with E-state index in [9.17, 15) is 13.6 Å². The summed E-state index contributed by atoms with van der Waals surface area (Å²) in [6.07, 6.45) is 1.53. The molecule has 0 aliphatic carbocycles. The Morgan fingerprint density at radius 1 is 1.07 bits per heavy atom. The molecule has 3 saturated heterocycles. The summed E-state index contributed by atoms with van der Waals surface area (Å²) in [6.45, 7) is 3.01. The highest BCUT2D eigenvalue weighted by Crippen LogP contribution is 2.30. The summed E-state index contributed by atoms with van der Waals surface area (Å²) >= 11 is 0. The maximum absolute atomic E-state index is 13.6. The minimum absolute atomic E-state index is 0.112. The quantitative estimate of drug-likeness (QED) is 0.806. The van der Waals surface area contributed by atoms with Gasteiger partial charge in [0.15, 0.2) is 11.6 Å². The number of fused-ring (bicyclic) bond motifs is 3. The number of piperidine rings is 3. The van der Waals surface area contributed by atoms with Crippen LogP contribution in [0.1, 0.15) is 18.4 Å². The first-order chi connectivity index (χ1) is 13.1. The van der Waals surface area contributed by atoms with E-state index in [-0.39, 0.29) is 12.6 Å². The van der Waals surface area contributed by atoms with Gasteiger partial charge in [0.2, 0.25) is 0 Å². The molecule has 3 heterocycles. The van der Waals surface area contributed by atoms with Crippen molar-refractivity contribution in [2.75, 3.05) is 24.5 Å². The fourth-order valence-electron chi connectivity index (χ4n) is 3.93. The van der Waals surface area contributed by atoms with E-state index in [1.54, 1.807) is 12.1 Å². The Kier molecular flexibility index (Phi) is 5.07. The molecule has 0 saturated carbocycles. The van der Waals surface area contributed by atoms with Crippen LogP contribution >= 0.6 is 0 Å². The predicted molar refractivity (Wildman–Crippen MR) is 98.4 cm³/mol. The molecule has 2 aromatic carbocycles. The lowest BCUT2D eigenvalue weighted by atomic mass is 9.86. The van der Waals surface area contributed by atoms with E-state index in [0.717, 1.165) is 44.6 Å². The monoisotopic (exact) mass is 372 g/mol. The predicted octanol–water partition coefficient (Wildman–Crippen LogP) is 4.20. The van der Waals surface area contributed by atoms with Gasteiger partial charge in [-0.2, -0.15) is 0 Å². The highest BCUT2D eigenvalue weighted by molar-refractivity contribution is 5.87. The van der Waals surface area contributed by atoms with Crippen LogP contribution in [0.3, 0.4) is 0 Å². The number of halogens is 2. The number of amides is 1. The van der Waals surface area contributed by atoms with Crippen LogP contribution in [-0.4, -0.2) is 36.7 Å². The van der Waals surface area contributed by atoms with Crippen molar-refractivity contribution in [1.29, 1.82) is 0 Å². The average Bonchev–Trinajstić information content (AvgIpc) is 2.70. The van der Waals surface area contributed by atoms with Crippen LogP contribution in [-0.2, 0) is 11.3 Å². The number of hydrogen-bond donors (Lipinski definition) is 0. The van der Waals surface area contributed by atoms with Gasteiger partial charge in [-0.15, -0.1) is 0 Å². The Morgan fingerprint density at radius 3 is 2.44 bits per heavy atom. The van der Waals surface area contributed by atoms with E-state index in [1.807, 2.05) is 18.2 Å². The van der Waals surface area contributed by atoms with Crippen LogP contribution in [0.15, 0.2) is 48.5 Å². The normalized spacial score (nSPS) is 23.9. The van der Waals surface area contributed by atoms with Crippen molar-refractivity contribution < 1.29 is 18.3 Å². The second kappa shape index (κ2) is 7.64. The molecule has 4 nitrogen and oxygen atoms in total. The van der Waals surface area contributed by atoms with Crippen LogP contribution in [0, 0.1) is 17.6 Å². The van der Waals surface area contributed by atoms with Gasteiger partial charge in [0.05, 0.1) is 6.54 Å². The molecule has 2 bridgehead atoms. The molecule has 2 aromatic rings. The lowest BCUT2D eigenvalue weighted by molar-refractivity contribution is -0.0311. The number of ether oxygens (including phenoxy) is 1. The van der Waals surface area contributed by atoms with Gasteiger partial charge in [0, 0.05) is 12.2 Å². The topological polar surface area (TPSA) is 32.8 Å². The SMILES string of the molecule is O=C(OC1CN2CCC1CC2)N(Cc1ccc(F)c(F)c1)c1ccccc1. The summed E-state index contributed by atoms with van der Waals surface area (Å²) in [5, 5.41) is 0. The number of carbonyl (C=O) groups excluding carboxylic acids is 1. The van der Waals surface area contributed by atoms with Gasteiger partial charge in [-0.05, 0) is 61.7 Å². The molecule has 0 spiro atoms. The van der Waals surface area contributed by atoms with Crippen molar-refractivity contribution in [3.05, 3.63) is 65.7 Å². The fourth-order valence-corrected chi connectivity index (χ4v) is 3.93. The Bertz CT molecular complexity index is 807. The lowest BCUT2D eigenvalue weighted by Gasteiger charge is -2.44. The van der Waals surface area contributed by atoms with Crippen molar-refractivity contribution >= 4 is 11.8 Å². The number of benzene rings is 2. The van der Waals surface area contributed by atoms with Crippen molar-refractivity contribution in [2.45, 2.75) is 25.5 Å². The van der Waals surface area contributed by atoms with Crippen molar-refractivity contribution in [3.8, 4) is 0 Å². The summed E-state index contributed by atoms with van der Waals surface area (Å²) in [4.78, 5) is 16.8. The van der Waals surface area contributed by atoms with E-state index < -0.39 is 17.7 Å². The number of hydrogen-bond acceptors (Lipinski definition) is 3. The number of para-hydroxylation sites is 1. The molecule has 0 aromatic heterocycles. The standard InChI is InChI=1S/C21H22F2N2O2/c22-18-7-6-15(12-19(18)23)13-25(17-4-2-1-3-5-17)21(26)27-20-14-24-10-8-16(20)9-11-24/h1-7,12,16,20H,8-11,13-14H2. The highest BCUT2D eigenvalue weighted by Gasteiger charge is 2.37. The lowest BCUT2D eigenvalue weighted by Crippen LogP contribution is -2.53. The van der Waals surface area contributed by atoms with E-state index in [1.165, 1.54) is 11.0 Å². The third-order valence-corrected chi connectivity index (χ3v) is 5.46. The van der Waals surface area contributed by atoms with E-state index in [4.69, 9.17) is 4.74 Å². The molecule has 142 valence electrons. The molecule has 3 aliphatic heterocycles. The van der Waals surface area contributed by atoms with Crippen LogP contribution < -0.4 is 4.90 Å². The molecule has 3 fully saturated rings. The number of anilines is 1. The van der Waals surface area contributed by atoms with Crippen molar-refractivity contribution in [2.24, 2.45) is 5.92 Å². The molecule has 5 rings (SSSR count). The van der Waals surface area contributed by atoms with E-state index in [2.05, 4.69) is 4.90 Å². The van der Waals surface area contributed by atoms with Gasteiger partial charge >= 0.3 is 6.09 Å². The molecule has 0 N–H and O–H groups in total. The fraction of sp³-hybridized carbons (Fsp3) is 0.381. The molecule has 0 radical (unpaired) electrons. The highest BCUT2D eigenvalue weighted by atomic mass is 19.2.